The van der Waals surface area contributed by atoms with Crippen LogP contribution in [0.15, 0.2) is 110 Å². The summed E-state index contributed by atoms with van der Waals surface area (Å²) in [6.45, 7) is 1.55. The highest BCUT2D eigenvalue weighted by Gasteiger charge is 2.10. The molecule has 5 nitrogen and oxygen atoms in total. The number of hydrogen-bond donors (Lipinski definition) is 1. The van der Waals surface area contributed by atoms with Gasteiger partial charge in [-0.3, -0.25) is 0 Å². The molecule has 2 heterocycles. The standard InChI is InChI=1S/C30H29N5/c1-5-13-24(14-6-1)22-35-30-28(21-34-35)29(32-23-33-30)31-20-12-4-11-19-27(25-15-7-2-8-16-25)26-17-9-3-10-18-26/h1-3,5-10,13-19,21,23H,4,11-12,20,22H2,(H,31,32,33). The molecule has 0 unspecified atom stereocenters. The Hall–Kier alpha value is -4.25. The van der Waals surface area contributed by atoms with E-state index in [1.54, 1.807) is 6.33 Å². The van der Waals surface area contributed by atoms with E-state index in [2.05, 4.69) is 99.3 Å². The van der Waals surface area contributed by atoms with Gasteiger partial charge in [-0.2, -0.15) is 5.10 Å². The van der Waals surface area contributed by atoms with Crippen LogP contribution in [0.1, 0.15) is 36.0 Å². The Morgan fingerprint density at radius 1 is 0.771 bits per heavy atom. The van der Waals surface area contributed by atoms with Gasteiger partial charge in [0.2, 0.25) is 0 Å². The second-order valence-corrected chi connectivity index (χ2v) is 8.52. The highest BCUT2D eigenvalue weighted by molar-refractivity contribution is 5.86. The number of nitrogens with one attached hydrogen (secondary N) is 1. The zero-order valence-corrected chi connectivity index (χ0v) is 19.7. The lowest BCUT2D eigenvalue weighted by Gasteiger charge is -2.09. The topological polar surface area (TPSA) is 55.6 Å². The van der Waals surface area contributed by atoms with Crippen molar-refractivity contribution in [3.05, 3.63) is 126 Å². The van der Waals surface area contributed by atoms with Gasteiger partial charge in [0.15, 0.2) is 5.65 Å². The second kappa shape index (κ2) is 11.3. The fourth-order valence-corrected chi connectivity index (χ4v) is 4.27. The predicted octanol–water partition coefficient (Wildman–Crippen LogP) is 6.59. The van der Waals surface area contributed by atoms with E-state index >= 15 is 0 Å². The lowest BCUT2D eigenvalue weighted by molar-refractivity contribution is 0.703. The van der Waals surface area contributed by atoms with E-state index in [0.29, 0.717) is 6.54 Å². The van der Waals surface area contributed by atoms with Crippen LogP contribution in [0.5, 0.6) is 0 Å². The van der Waals surface area contributed by atoms with Gasteiger partial charge in [0.1, 0.15) is 12.1 Å². The first-order valence-corrected chi connectivity index (χ1v) is 12.1. The first kappa shape index (κ1) is 22.5. The average Bonchev–Trinajstić information content (AvgIpc) is 3.33. The van der Waals surface area contributed by atoms with Crippen LogP contribution in [0.3, 0.4) is 0 Å². The maximum Gasteiger partial charge on any atom is 0.163 e. The molecular weight excluding hydrogens is 430 g/mol. The van der Waals surface area contributed by atoms with Crippen molar-refractivity contribution in [3.63, 3.8) is 0 Å². The van der Waals surface area contributed by atoms with Crippen LogP contribution in [-0.2, 0) is 6.54 Å². The smallest absolute Gasteiger partial charge is 0.163 e. The Balaban J connectivity index is 1.19. The quantitative estimate of drug-likeness (QED) is 0.239. The second-order valence-electron chi connectivity index (χ2n) is 8.52. The molecule has 0 fully saturated rings. The van der Waals surface area contributed by atoms with Crippen molar-refractivity contribution in [2.75, 3.05) is 11.9 Å². The highest BCUT2D eigenvalue weighted by Crippen LogP contribution is 2.24. The molecule has 0 aliphatic rings. The summed E-state index contributed by atoms with van der Waals surface area (Å²) in [5, 5.41) is 9.00. The number of hydrogen-bond acceptors (Lipinski definition) is 4. The van der Waals surface area contributed by atoms with Crippen LogP contribution >= 0.6 is 0 Å². The van der Waals surface area contributed by atoms with Crippen LogP contribution in [0.25, 0.3) is 16.6 Å². The fraction of sp³-hybridized carbons (Fsp3) is 0.167. The summed E-state index contributed by atoms with van der Waals surface area (Å²) < 4.78 is 1.93. The molecule has 0 aliphatic heterocycles. The number of anilines is 1. The SMILES string of the molecule is C(CCCCNc1ncnc2c1cnn2Cc1ccccc1)=C(c1ccccc1)c1ccccc1. The fourth-order valence-electron chi connectivity index (χ4n) is 4.27. The molecule has 5 aromatic rings. The first-order valence-electron chi connectivity index (χ1n) is 12.1. The summed E-state index contributed by atoms with van der Waals surface area (Å²) in [4.78, 5) is 8.94. The third kappa shape index (κ3) is 5.64. The number of unbranched alkanes of at least 4 members (excludes halogenated alkanes) is 2. The van der Waals surface area contributed by atoms with Gasteiger partial charge < -0.3 is 5.32 Å². The molecule has 0 radical (unpaired) electrons. The summed E-state index contributed by atoms with van der Waals surface area (Å²) >= 11 is 0. The number of aromatic nitrogens is 4. The minimum atomic E-state index is 0.693. The van der Waals surface area contributed by atoms with Crippen LogP contribution in [0, 0.1) is 0 Å². The monoisotopic (exact) mass is 459 g/mol. The number of rotatable bonds is 10. The molecule has 0 spiro atoms. The van der Waals surface area contributed by atoms with Gasteiger partial charge in [-0.15, -0.1) is 0 Å². The minimum Gasteiger partial charge on any atom is -0.369 e. The molecule has 0 amide bonds. The molecule has 1 N–H and O–H groups in total. The molecule has 0 aliphatic carbocycles. The Morgan fingerprint density at radius 2 is 1.43 bits per heavy atom. The number of nitrogens with zero attached hydrogens (tertiary/aromatic N) is 4. The molecule has 174 valence electrons. The molecular formula is C30H29N5. The van der Waals surface area contributed by atoms with Crippen LogP contribution in [0.2, 0.25) is 0 Å². The van der Waals surface area contributed by atoms with Gasteiger partial charge >= 0.3 is 0 Å². The molecule has 0 bridgehead atoms. The summed E-state index contributed by atoms with van der Waals surface area (Å²) in [5.41, 5.74) is 5.86. The summed E-state index contributed by atoms with van der Waals surface area (Å²) in [6.07, 6.45) is 9.00. The van der Waals surface area contributed by atoms with Gasteiger partial charge in [0, 0.05) is 6.54 Å². The van der Waals surface area contributed by atoms with Crippen molar-refractivity contribution in [2.45, 2.75) is 25.8 Å². The average molecular weight is 460 g/mol. The van der Waals surface area contributed by atoms with E-state index in [9.17, 15) is 0 Å². The van der Waals surface area contributed by atoms with Crippen molar-refractivity contribution in [1.82, 2.24) is 19.7 Å². The van der Waals surface area contributed by atoms with Gasteiger partial charge in [-0.05, 0) is 41.5 Å². The van der Waals surface area contributed by atoms with E-state index in [1.165, 1.54) is 22.3 Å². The molecule has 3 aromatic carbocycles. The number of benzene rings is 3. The van der Waals surface area contributed by atoms with Crippen molar-refractivity contribution in [2.24, 2.45) is 0 Å². The summed E-state index contributed by atoms with van der Waals surface area (Å²) in [7, 11) is 0. The Labute approximate surface area is 206 Å². The first-order chi connectivity index (χ1) is 17.4. The van der Waals surface area contributed by atoms with Gasteiger partial charge in [0.25, 0.3) is 0 Å². The molecule has 0 atom stereocenters. The van der Waals surface area contributed by atoms with E-state index in [0.717, 1.165) is 42.7 Å². The van der Waals surface area contributed by atoms with Crippen molar-refractivity contribution in [3.8, 4) is 0 Å². The zero-order valence-electron chi connectivity index (χ0n) is 19.7. The van der Waals surface area contributed by atoms with Crippen LogP contribution < -0.4 is 5.32 Å². The molecule has 0 saturated carbocycles. The summed E-state index contributed by atoms with van der Waals surface area (Å²) in [5.74, 6) is 0.846. The molecule has 35 heavy (non-hydrogen) atoms. The highest BCUT2D eigenvalue weighted by atomic mass is 15.3. The minimum absolute atomic E-state index is 0.693. The maximum absolute atomic E-state index is 4.55. The van der Waals surface area contributed by atoms with E-state index in [1.807, 2.05) is 29.1 Å². The Bertz CT molecular complexity index is 1330. The molecule has 2 aromatic heterocycles. The maximum atomic E-state index is 4.55. The lowest BCUT2D eigenvalue weighted by Crippen LogP contribution is -2.05. The van der Waals surface area contributed by atoms with Gasteiger partial charge in [-0.1, -0.05) is 97.1 Å². The van der Waals surface area contributed by atoms with E-state index < -0.39 is 0 Å². The Morgan fingerprint density at radius 3 is 2.11 bits per heavy atom. The van der Waals surface area contributed by atoms with E-state index in [4.69, 9.17) is 0 Å². The zero-order chi connectivity index (χ0) is 23.7. The van der Waals surface area contributed by atoms with Crippen LogP contribution in [-0.4, -0.2) is 26.3 Å². The Kier molecular flexibility index (Phi) is 7.25. The third-order valence-electron chi connectivity index (χ3n) is 6.05. The third-order valence-corrected chi connectivity index (χ3v) is 6.05. The van der Waals surface area contributed by atoms with Crippen LogP contribution in [0.4, 0.5) is 5.82 Å². The molecule has 0 saturated heterocycles. The van der Waals surface area contributed by atoms with Gasteiger partial charge in [0.05, 0.1) is 18.1 Å². The summed E-state index contributed by atoms with van der Waals surface area (Å²) in [6, 6.07) is 31.5. The van der Waals surface area contributed by atoms with Crippen molar-refractivity contribution in [1.29, 1.82) is 0 Å². The lowest BCUT2D eigenvalue weighted by atomic mass is 9.96. The van der Waals surface area contributed by atoms with Gasteiger partial charge in [-0.25, -0.2) is 14.6 Å². The normalized spacial score (nSPS) is 10.9. The molecule has 5 heteroatoms. The predicted molar refractivity (Wildman–Crippen MR) is 143 cm³/mol. The molecule has 5 rings (SSSR count). The van der Waals surface area contributed by atoms with Crippen molar-refractivity contribution < 1.29 is 0 Å². The number of fused-ring (bicyclic) bond motifs is 1. The number of allylic oxidation sites excluding steroid dienone is 1. The van der Waals surface area contributed by atoms with Crippen molar-refractivity contribution >= 4 is 22.4 Å². The largest absolute Gasteiger partial charge is 0.369 e. The van der Waals surface area contributed by atoms with E-state index in [-0.39, 0.29) is 0 Å².